The molecule has 1 fully saturated rings. The maximum Gasteiger partial charge on any atom is 0.140 e. The van der Waals surface area contributed by atoms with E-state index in [0.717, 1.165) is 45.2 Å². The van der Waals surface area contributed by atoms with E-state index in [1.54, 1.807) is 0 Å². The lowest BCUT2D eigenvalue weighted by Crippen LogP contribution is -2.45. The normalized spacial score (nSPS) is 24.8. The summed E-state index contributed by atoms with van der Waals surface area (Å²) in [7, 11) is 0. The van der Waals surface area contributed by atoms with Crippen LogP contribution in [0, 0.1) is 5.41 Å². The second kappa shape index (κ2) is 7.86. The van der Waals surface area contributed by atoms with E-state index < -0.39 is 0 Å². The van der Waals surface area contributed by atoms with Crippen LogP contribution < -0.4 is 5.32 Å². The predicted molar refractivity (Wildman–Crippen MR) is 73.2 cm³/mol. The molecule has 0 aromatic rings. The Kier molecular flexibility index (Phi) is 6.79. The van der Waals surface area contributed by atoms with E-state index in [9.17, 15) is 4.79 Å². The molecule has 100 valence electrons. The highest BCUT2D eigenvalue weighted by molar-refractivity contribution is 5.85. The Balaban J connectivity index is 2.42. The molecule has 1 rings (SSSR count). The van der Waals surface area contributed by atoms with Gasteiger partial charge in [0.05, 0.1) is 0 Å². The van der Waals surface area contributed by atoms with Gasteiger partial charge in [-0.05, 0) is 32.2 Å². The summed E-state index contributed by atoms with van der Waals surface area (Å²) in [5, 5.41) is 3.42. The molecule has 1 aliphatic heterocycles. The molecule has 17 heavy (non-hydrogen) atoms. The number of unbranched alkanes of at least 4 members (excludes halogenated alkanes) is 3. The summed E-state index contributed by atoms with van der Waals surface area (Å²) in [6, 6.07) is 0. The Hall–Kier alpha value is -0.370. The van der Waals surface area contributed by atoms with Crippen molar-refractivity contribution in [3.8, 4) is 0 Å². The van der Waals surface area contributed by atoms with E-state index in [1.807, 2.05) is 0 Å². The molecule has 1 N–H and O–H groups in total. The third-order valence-corrected chi connectivity index (χ3v) is 4.05. The first-order valence-electron chi connectivity index (χ1n) is 7.49. The van der Waals surface area contributed by atoms with Crippen molar-refractivity contribution in [2.75, 3.05) is 13.1 Å². The van der Waals surface area contributed by atoms with E-state index in [0.29, 0.717) is 5.78 Å². The standard InChI is InChI=1S/C15H29NO/c1-3-5-6-7-9-14(17)15(10-4-2)11-8-12-16-13-15/h16H,3-13H2,1-2H3. The van der Waals surface area contributed by atoms with Crippen LogP contribution in [-0.4, -0.2) is 18.9 Å². The topological polar surface area (TPSA) is 29.1 Å². The van der Waals surface area contributed by atoms with Gasteiger partial charge in [-0.2, -0.15) is 0 Å². The molecule has 0 bridgehead atoms. The van der Waals surface area contributed by atoms with Crippen LogP contribution in [0.25, 0.3) is 0 Å². The molecule has 1 atom stereocenters. The first-order valence-corrected chi connectivity index (χ1v) is 7.49. The SMILES string of the molecule is CCCCCCC(=O)C1(CCC)CCCNC1. The Bertz CT molecular complexity index is 213. The van der Waals surface area contributed by atoms with E-state index in [2.05, 4.69) is 19.2 Å². The minimum Gasteiger partial charge on any atom is -0.316 e. The van der Waals surface area contributed by atoms with Crippen LogP contribution in [0.1, 0.15) is 71.6 Å². The van der Waals surface area contributed by atoms with Crippen LogP contribution in [-0.2, 0) is 4.79 Å². The molecule has 0 saturated carbocycles. The van der Waals surface area contributed by atoms with Crippen molar-refractivity contribution in [1.29, 1.82) is 0 Å². The van der Waals surface area contributed by atoms with E-state index in [4.69, 9.17) is 0 Å². The molecular weight excluding hydrogens is 210 g/mol. The van der Waals surface area contributed by atoms with Gasteiger partial charge in [0.2, 0.25) is 0 Å². The third kappa shape index (κ3) is 4.42. The van der Waals surface area contributed by atoms with Gasteiger partial charge in [0.15, 0.2) is 0 Å². The number of ketones is 1. The van der Waals surface area contributed by atoms with Crippen molar-refractivity contribution in [3.63, 3.8) is 0 Å². The summed E-state index contributed by atoms with van der Waals surface area (Å²) >= 11 is 0. The van der Waals surface area contributed by atoms with Gasteiger partial charge in [-0.1, -0.05) is 39.5 Å². The van der Waals surface area contributed by atoms with E-state index in [1.165, 1.54) is 25.7 Å². The molecule has 1 unspecified atom stereocenters. The van der Waals surface area contributed by atoms with E-state index in [-0.39, 0.29) is 5.41 Å². The molecule has 0 aromatic heterocycles. The molecule has 2 heteroatoms. The Morgan fingerprint density at radius 2 is 2.00 bits per heavy atom. The summed E-state index contributed by atoms with van der Waals surface area (Å²) in [5.74, 6) is 0.530. The number of Topliss-reactive ketones (excluding diaryl/α,β-unsaturated/α-hetero) is 1. The fourth-order valence-corrected chi connectivity index (χ4v) is 3.01. The molecule has 0 amide bonds. The smallest absolute Gasteiger partial charge is 0.140 e. The van der Waals surface area contributed by atoms with Crippen molar-refractivity contribution < 1.29 is 4.79 Å². The first kappa shape index (κ1) is 14.7. The summed E-state index contributed by atoms with van der Waals surface area (Å²) in [5.41, 5.74) is -0.0147. The molecular formula is C15H29NO. The number of hydrogen-bond donors (Lipinski definition) is 1. The fraction of sp³-hybridized carbons (Fsp3) is 0.933. The molecule has 0 radical (unpaired) electrons. The highest BCUT2D eigenvalue weighted by Gasteiger charge is 2.37. The highest BCUT2D eigenvalue weighted by Crippen LogP contribution is 2.34. The van der Waals surface area contributed by atoms with Crippen molar-refractivity contribution in [3.05, 3.63) is 0 Å². The van der Waals surface area contributed by atoms with Crippen LogP contribution in [0.3, 0.4) is 0 Å². The minimum absolute atomic E-state index is 0.0147. The first-order chi connectivity index (χ1) is 8.25. The Morgan fingerprint density at radius 1 is 1.18 bits per heavy atom. The van der Waals surface area contributed by atoms with Crippen LogP contribution in [0.15, 0.2) is 0 Å². The summed E-state index contributed by atoms with van der Waals surface area (Å²) in [6.45, 7) is 6.42. The van der Waals surface area contributed by atoms with Gasteiger partial charge in [0.25, 0.3) is 0 Å². The number of hydrogen-bond acceptors (Lipinski definition) is 2. The second-order valence-electron chi connectivity index (χ2n) is 5.54. The molecule has 1 saturated heterocycles. The van der Waals surface area contributed by atoms with Gasteiger partial charge < -0.3 is 5.32 Å². The van der Waals surface area contributed by atoms with Crippen molar-refractivity contribution >= 4 is 5.78 Å². The Morgan fingerprint density at radius 3 is 2.59 bits per heavy atom. The molecule has 0 spiro atoms. The minimum atomic E-state index is -0.0147. The number of carbonyl (C=O) groups is 1. The molecule has 2 nitrogen and oxygen atoms in total. The van der Waals surface area contributed by atoms with Crippen molar-refractivity contribution in [2.45, 2.75) is 71.6 Å². The zero-order valence-corrected chi connectivity index (χ0v) is 11.7. The van der Waals surface area contributed by atoms with Gasteiger partial charge in [0, 0.05) is 18.4 Å². The summed E-state index contributed by atoms with van der Waals surface area (Å²) < 4.78 is 0. The molecule has 1 aliphatic rings. The van der Waals surface area contributed by atoms with Crippen LogP contribution in [0.2, 0.25) is 0 Å². The van der Waals surface area contributed by atoms with Gasteiger partial charge in [-0.15, -0.1) is 0 Å². The average molecular weight is 239 g/mol. The predicted octanol–water partition coefficient (Wildman–Crippen LogP) is 3.70. The van der Waals surface area contributed by atoms with Crippen LogP contribution in [0.5, 0.6) is 0 Å². The number of nitrogens with one attached hydrogen (secondary N) is 1. The fourth-order valence-electron chi connectivity index (χ4n) is 3.01. The third-order valence-electron chi connectivity index (χ3n) is 4.05. The monoisotopic (exact) mass is 239 g/mol. The lowest BCUT2D eigenvalue weighted by molar-refractivity contribution is -0.130. The lowest BCUT2D eigenvalue weighted by atomic mass is 9.72. The quantitative estimate of drug-likeness (QED) is 0.654. The lowest BCUT2D eigenvalue weighted by Gasteiger charge is -2.36. The van der Waals surface area contributed by atoms with Gasteiger partial charge in [0.1, 0.15) is 5.78 Å². The molecule has 1 heterocycles. The number of rotatable bonds is 8. The summed E-state index contributed by atoms with van der Waals surface area (Å²) in [4.78, 5) is 12.4. The second-order valence-corrected chi connectivity index (χ2v) is 5.54. The average Bonchev–Trinajstić information content (AvgIpc) is 2.36. The maximum absolute atomic E-state index is 12.4. The maximum atomic E-state index is 12.4. The van der Waals surface area contributed by atoms with Gasteiger partial charge in [-0.25, -0.2) is 0 Å². The van der Waals surface area contributed by atoms with Crippen molar-refractivity contribution in [2.24, 2.45) is 5.41 Å². The van der Waals surface area contributed by atoms with Crippen LogP contribution >= 0.6 is 0 Å². The summed E-state index contributed by atoms with van der Waals surface area (Å²) in [6.07, 6.45) is 10.1. The van der Waals surface area contributed by atoms with Crippen molar-refractivity contribution in [1.82, 2.24) is 5.32 Å². The highest BCUT2D eigenvalue weighted by atomic mass is 16.1. The van der Waals surface area contributed by atoms with E-state index >= 15 is 0 Å². The largest absolute Gasteiger partial charge is 0.316 e. The van der Waals surface area contributed by atoms with Gasteiger partial charge in [-0.3, -0.25) is 4.79 Å². The van der Waals surface area contributed by atoms with Gasteiger partial charge >= 0.3 is 0 Å². The molecule has 0 aliphatic carbocycles. The van der Waals surface area contributed by atoms with Crippen LogP contribution in [0.4, 0.5) is 0 Å². The number of carbonyl (C=O) groups excluding carboxylic acids is 1. The zero-order chi connectivity index (χ0) is 12.6. The molecule has 0 aromatic carbocycles. The zero-order valence-electron chi connectivity index (χ0n) is 11.7. The number of piperidine rings is 1. The Labute approximate surface area is 107 Å².